The highest BCUT2D eigenvalue weighted by Crippen LogP contribution is 2.40. The Hall–Kier alpha value is -2.09. The van der Waals surface area contributed by atoms with Gasteiger partial charge in [0.1, 0.15) is 5.41 Å². The summed E-state index contributed by atoms with van der Waals surface area (Å²) in [5.74, 6) is -0.729. The Morgan fingerprint density at radius 3 is 2.42 bits per heavy atom. The summed E-state index contributed by atoms with van der Waals surface area (Å²) in [5.41, 5.74) is 3.63. The van der Waals surface area contributed by atoms with E-state index in [0.717, 1.165) is 11.1 Å². The molecule has 0 saturated heterocycles. The summed E-state index contributed by atoms with van der Waals surface area (Å²) in [4.78, 5) is 11.9. The highest BCUT2D eigenvalue weighted by Gasteiger charge is 2.45. The Morgan fingerprint density at radius 1 is 1.05 bits per heavy atom. The van der Waals surface area contributed by atoms with E-state index < -0.39 is 11.4 Å². The average Bonchev–Trinajstić information content (AvgIpc) is 2.79. The van der Waals surface area contributed by atoms with E-state index in [-0.39, 0.29) is 0 Å². The predicted octanol–water partition coefficient (Wildman–Crippen LogP) is 3.12. The van der Waals surface area contributed by atoms with Gasteiger partial charge in [-0.1, -0.05) is 54.1 Å². The molecule has 0 aliphatic heterocycles. The van der Waals surface area contributed by atoms with Gasteiger partial charge >= 0.3 is 5.97 Å². The van der Waals surface area contributed by atoms with Crippen molar-refractivity contribution >= 4 is 5.97 Å². The average molecular weight is 252 g/mol. The highest BCUT2D eigenvalue weighted by atomic mass is 16.4. The maximum atomic E-state index is 11.9. The third-order valence-electron chi connectivity index (χ3n) is 4.08. The summed E-state index contributed by atoms with van der Waals surface area (Å²) in [6.45, 7) is 2.05. The van der Waals surface area contributed by atoms with Crippen LogP contribution < -0.4 is 0 Å². The molecule has 1 aliphatic carbocycles. The van der Waals surface area contributed by atoms with Crippen LogP contribution >= 0.6 is 0 Å². The minimum atomic E-state index is -0.794. The third-order valence-corrected chi connectivity index (χ3v) is 4.08. The fourth-order valence-electron chi connectivity index (χ4n) is 3.04. The van der Waals surface area contributed by atoms with Gasteiger partial charge < -0.3 is 5.11 Å². The summed E-state index contributed by atoms with van der Waals surface area (Å²) in [7, 11) is 0. The van der Waals surface area contributed by atoms with Crippen molar-refractivity contribution in [3.05, 3.63) is 70.8 Å². The molecule has 2 aromatic carbocycles. The molecule has 0 fully saturated rings. The van der Waals surface area contributed by atoms with Crippen LogP contribution in [-0.2, 0) is 23.1 Å². The molecule has 0 amide bonds. The van der Waals surface area contributed by atoms with Crippen molar-refractivity contribution in [3.63, 3.8) is 0 Å². The smallest absolute Gasteiger partial charge is 0.314 e. The molecule has 3 rings (SSSR count). The quantitative estimate of drug-likeness (QED) is 0.891. The number of carboxylic acids is 1. The number of carboxylic acid groups (broad SMARTS) is 1. The Bertz CT molecular complexity index is 631. The molecule has 2 nitrogen and oxygen atoms in total. The molecule has 0 spiro atoms. The van der Waals surface area contributed by atoms with E-state index in [9.17, 15) is 9.90 Å². The van der Waals surface area contributed by atoms with Crippen molar-refractivity contribution in [2.75, 3.05) is 0 Å². The van der Waals surface area contributed by atoms with Crippen LogP contribution in [0.25, 0.3) is 0 Å². The van der Waals surface area contributed by atoms with E-state index in [2.05, 4.69) is 18.2 Å². The maximum absolute atomic E-state index is 11.9. The molecule has 1 aliphatic rings. The first kappa shape index (κ1) is 12.0. The lowest BCUT2D eigenvalue weighted by atomic mass is 9.78. The van der Waals surface area contributed by atoms with Crippen molar-refractivity contribution in [1.29, 1.82) is 0 Å². The number of hydrogen-bond acceptors (Lipinski definition) is 1. The number of carbonyl (C=O) groups is 1. The van der Waals surface area contributed by atoms with E-state index >= 15 is 0 Å². The van der Waals surface area contributed by atoms with E-state index in [4.69, 9.17) is 0 Å². The van der Waals surface area contributed by atoms with Crippen LogP contribution in [0.2, 0.25) is 0 Å². The molecule has 1 N–H and O–H groups in total. The second-order valence-electron chi connectivity index (χ2n) is 5.38. The second-order valence-corrected chi connectivity index (χ2v) is 5.38. The number of hydrogen-bond donors (Lipinski definition) is 1. The van der Waals surface area contributed by atoms with Gasteiger partial charge in [-0.15, -0.1) is 0 Å². The zero-order chi connectivity index (χ0) is 13.5. The standard InChI is InChI=1S/C17H16O2/c1-12-7-8-13-10-17(16(18)19,11-14(13)9-12)15-5-3-2-4-6-15/h2-9H,10-11H2,1H3,(H,18,19). The second kappa shape index (κ2) is 4.23. The van der Waals surface area contributed by atoms with Crippen LogP contribution in [0.15, 0.2) is 48.5 Å². The minimum absolute atomic E-state index is 0.585. The Kier molecular flexibility index (Phi) is 2.67. The Morgan fingerprint density at radius 2 is 1.74 bits per heavy atom. The lowest BCUT2D eigenvalue weighted by molar-refractivity contribution is -0.143. The summed E-state index contributed by atoms with van der Waals surface area (Å²) >= 11 is 0. The molecule has 2 aromatic rings. The lowest BCUT2D eigenvalue weighted by Crippen LogP contribution is -2.36. The molecule has 0 heterocycles. The van der Waals surface area contributed by atoms with Crippen LogP contribution in [0.1, 0.15) is 22.3 Å². The van der Waals surface area contributed by atoms with Gasteiger partial charge in [-0.3, -0.25) is 4.79 Å². The summed E-state index contributed by atoms with van der Waals surface area (Å²) in [6, 6.07) is 15.8. The first-order valence-corrected chi connectivity index (χ1v) is 6.49. The number of benzene rings is 2. The molecule has 0 aromatic heterocycles. The van der Waals surface area contributed by atoms with E-state index in [1.807, 2.05) is 37.3 Å². The van der Waals surface area contributed by atoms with E-state index in [1.54, 1.807) is 0 Å². The van der Waals surface area contributed by atoms with Gasteiger partial charge in [0.15, 0.2) is 0 Å². The fraction of sp³-hybridized carbons (Fsp3) is 0.235. The first-order chi connectivity index (χ1) is 9.12. The van der Waals surface area contributed by atoms with E-state index in [0.29, 0.717) is 12.8 Å². The van der Waals surface area contributed by atoms with Crippen molar-refractivity contribution in [2.45, 2.75) is 25.2 Å². The number of fused-ring (bicyclic) bond motifs is 1. The molecule has 2 heteroatoms. The third kappa shape index (κ3) is 1.84. The Balaban J connectivity index is 2.10. The van der Waals surface area contributed by atoms with Crippen molar-refractivity contribution < 1.29 is 9.90 Å². The van der Waals surface area contributed by atoms with Crippen LogP contribution in [-0.4, -0.2) is 11.1 Å². The molecule has 1 atom stereocenters. The van der Waals surface area contributed by atoms with Crippen molar-refractivity contribution in [3.8, 4) is 0 Å². The largest absolute Gasteiger partial charge is 0.481 e. The monoisotopic (exact) mass is 252 g/mol. The molecule has 0 radical (unpaired) electrons. The van der Waals surface area contributed by atoms with Gasteiger partial charge in [-0.25, -0.2) is 0 Å². The van der Waals surface area contributed by atoms with Gasteiger partial charge in [0.25, 0.3) is 0 Å². The Labute approximate surface area is 112 Å². The van der Waals surface area contributed by atoms with Gasteiger partial charge in [0, 0.05) is 0 Å². The first-order valence-electron chi connectivity index (χ1n) is 6.49. The van der Waals surface area contributed by atoms with Crippen LogP contribution in [0.3, 0.4) is 0 Å². The zero-order valence-corrected chi connectivity index (χ0v) is 10.9. The molecule has 0 bridgehead atoms. The normalized spacial score (nSPS) is 21.1. The molecular formula is C17H16O2. The van der Waals surface area contributed by atoms with E-state index in [1.165, 1.54) is 11.1 Å². The lowest BCUT2D eigenvalue weighted by Gasteiger charge is -2.24. The zero-order valence-electron chi connectivity index (χ0n) is 10.9. The van der Waals surface area contributed by atoms with Crippen LogP contribution in [0.5, 0.6) is 0 Å². The molecule has 0 saturated carbocycles. The number of aliphatic carboxylic acids is 1. The van der Waals surface area contributed by atoms with Crippen molar-refractivity contribution in [1.82, 2.24) is 0 Å². The van der Waals surface area contributed by atoms with Gasteiger partial charge in [0.05, 0.1) is 0 Å². The SMILES string of the molecule is Cc1ccc2c(c1)CC(C(=O)O)(c1ccccc1)C2. The van der Waals surface area contributed by atoms with Gasteiger partial charge in [-0.2, -0.15) is 0 Å². The summed E-state index contributed by atoms with van der Waals surface area (Å²) in [5, 5.41) is 9.76. The molecule has 19 heavy (non-hydrogen) atoms. The molecule has 96 valence electrons. The summed E-state index contributed by atoms with van der Waals surface area (Å²) < 4.78 is 0. The van der Waals surface area contributed by atoms with Gasteiger partial charge in [-0.05, 0) is 36.5 Å². The maximum Gasteiger partial charge on any atom is 0.314 e. The number of aryl methyl sites for hydroxylation is 1. The predicted molar refractivity (Wildman–Crippen MR) is 74.3 cm³/mol. The topological polar surface area (TPSA) is 37.3 Å². The molecule has 1 unspecified atom stereocenters. The molecular weight excluding hydrogens is 236 g/mol. The summed E-state index contributed by atoms with van der Waals surface area (Å²) in [6.07, 6.45) is 1.17. The number of rotatable bonds is 2. The fourth-order valence-corrected chi connectivity index (χ4v) is 3.04. The minimum Gasteiger partial charge on any atom is -0.481 e. The highest BCUT2D eigenvalue weighted by molar-refractivity contribution is 5.83. The van der Waals surface area contributed by atoms with Crippen LogP contribution in [0.4, 0.5) is 0 Å². The van der Waals surface area contributed by atoms with Crippen molar-refractivity contribution in [2.24, 2.45) is 0 Å². The van der Waals surface area contributed by atoms with Crippen LogP contribution in [0, 0.1) is 6.92 Å². The van der Waals surface area contributed by atoms with Gasteiger partial charge in [0.2, 0.25) is 0 Å².